The van der Waals surface area contributed by atoms with Crippen LogP contribution in [0.25, 0.3) is 0 Å². The second-order valence-corrected chi connectivity index (χ2v) is 6.39. The molecule has 1 saturated heterocycles. The van der Waals surface area contributed by atoms with E-state index in [0.29, 0.717) is 18.2 Å². The maximum Gasteiger partial charge on any atom is 0.168 e. The van der Waals surface area contributed by atoms with Crippen molar-refractivity contribution < 1.29 is 13.9 Å². The highest BCUT2D eigenvalue weighted by Crippen LogP contribution is 2.39. The molecule has 116 valence electrons. The van der Waals surface area contributed by atoms with E-state index in [2.05, 4.69) is 12.2 Å². The van der Waals surface area contributed by atoms with Crippen molar-refractivity contribution in [3.8, 4) is 5.75 Å². The molecular formula is C17H24FNO2. The zero-order chi connectivity index (χ0) is 14.9. The van der Waals surface area contributed by atoms with Crippen molar-refractivity contribution >= 4 is 0 Å². The van der Waals surface area contributed by atoms with Crippen LogP contribution in [0.3, 0.4) is 0 Å². The lowest BCUT2D eigenvalue weighted by molar-refractivity contribution is 0.0624. The van der Waals surface area contributed by atoms with Gasteiger partial charge in [0, 0.05) is 24.6 Å². The minimum atomic E-state index is -0.232. The first-order valence-electron chi connectivity index (χ1n) is 7.81. The van der Waals surface area contributed by atoms with Crippen molar-refractivity contribution in [3.05, 3.63) is 29.6 Å². The average molecular weight is 293 g/mol. The molecule has 1 saturated carbocycles. The molecule has 0 spiro atoms. The number of hydrogen-bond donors (Lipinski definition) is 1. The second kappa shape index (κ2) is 5.93. The summed E-state index contributed by atoms with van der Waals surface area (Å²) in [6, 6.07) is 6.05. The van der Waals surface area contributed by atoms with Gasteiger partial charge >= 0.3 is 0 Å². The van der Waals surface area contributed by atoms with Gasteiger partial charge in [0.1, 0.15) is 0 Å². The van der Waals surface area contributed by atoms with Gasteiger partial charge in [0.25, 0.3) is 0 Å². The topological polar surface area (TPSA) is 30.5 Å². The Labute approximate surface area is 125 Å². The van der Waals surface area contributed by atoms with E-state index in [-0.39, 0.29) is 17.3 Å². The number of methoxy groups -OCH3 is 1. The summed E-state index contributed by atoms with van der Waals surface area (Å²) in [6.07, 6.45) is 4.34. The van der Waals surface area contributed by atoms with Crippen molar-refractivity contribution in [1.82, 2.24) is 5.32 Å². The van der Waals surface area contributed by atoms with Gasteiger partial charge < -0.3 is 14.8 Å². The van der Waals surface area contributed by atoms with E-state index in [0.717, 1.165) is 25.1 Å². The van der Waals surface area contributed by atoms with Gasteiger partial charge in [0.15, 0.2) is 11.6 Å². The van der Waals surface area contributed by atoms with Crippen LogP contribution in [-0.2, 0) is 11.2 Å². The summed E-state index contributed by atoms with van der Waals surface area (Å²) in [7, 11) is 1.51. The van der Waals surface area contributed by atoms with Crippen LogP contribution in [0, 0.1) is 11.2 Å². The normalized spacial score (nSPS) is 28.8. The van der Waals surface area contributed by atoms with Gasteiger partial charge in [-0.1, -0.05) is 12.1 Å². The predicted octanol–water partition coefficient (Wildman–Crippen LogP) is 2.92. The van der Waals surface area contributed by atoms with Crippen molar-refractivity contribution in [2.24, 2.45) is 5.41 Å². The van der Waals surface area contributed by atoms with E-state index < -0.39 is 0 Å². The van der Waals surface area contributed by atoms with E-state index >= 15 is 0 Å². The Hall–Kier alpha value is -1.13. The van der Waals surface area contributed by atoms with Crippen molar-refractivity contribution in [2.75, 3.05) is 20.3 Å². The van der Waals surface area contributed by atoms with Gasteiger partial charge in [0.05, 0.1) is 13.2 Å². The van der Waals surface area contributed by atoms with Gasteiger partial charge in [-0.05, 0) is 44.2 Å². The van der Waals surface area contributed by atoms with Crippen LogP contribution in [0.1, 0.15) is 31.7 Å². The van der Waals surface area contributed by atoms with E-state index in [9.17, 15) is 4.39 Å². The summed E-state index contributed by atoms with van der Waals surface area (Å²) in [6.45, 7) is 3.77. The average Bonchev–Trinajstić information content (AvgIpc) is 3.25. The zero-order valence-electron chi connectivity index (χ0n) is 12.8. The first-order chi connectivity index (χ1) is 10.1. The lowest BCUT2D eigenvalue weighted by atomic mass is 9.76. The SMILES string of the molecule is COc1cccc(CC2(CNC3CC3)CCOC2C)c1F. The van der Waals surface area contributed by atoms with Crippen molar-refractivity contribution in [3.63, 3.8) is 0 Å². The Morgan fingerprint density at radius 1 is 1.43 bits per heavy atom. The Bertz CT molecular complexity index is 504. The minimum Gasteiger partial charge on any atom is -0.494 e. The van der Waals surface area contributed by atoms with Gasteiger partial charge in [-0.2, -0.15) is 0 Å². The molecule has 2 fully saturated rings. The van der Waals surface area contributed by atoms with Crippen LogP contribution < -0.4 is 10.1 Å². The lowest BCUT2D eigenvalue weighted by Gasteiger charge is -2.33. The fourth-order valence-corrected chi connectivity index (χ4v) is 3.21. The summed E-state index contributed by atoms with van der Waals surface area (Å²) in [5.74, 6) is 0.0919. The third kappa shape index (κ3) is 3.06. The molecule has 3 nitrogen and oxygen atoms in total. The smallest absolute Gasteiger partial charge is 0.168 e. The molecule has 2 atom stereocenters. The molecule has 1 aliphatic heterocycles. The third-order valence-electron chi connectivity index (χ3n) is 4.96. The van der Waals surface area contributed by atoms with Gasteiger partial charge in [0.2, 0.25) is 0 Å². The van der Waals surface area contributed by atoms with E-state index in [1.54, 1.807) is 6.07 Å². The van der Waals surface area contributed by atoms with Crippen LogP contribution in [0.4, 0.5) is 4.39 Å². The number of benzene rings is 1. The summed E-state index contributed by atoms with van der Waals surface area (Å²) < 4.78 is 25.3. The largest absolute Gasteiger partial charge is 0.494 e. The molecule has 1 heterocycles. The second-order valence-electron chi connectivity index (χ2n) is 6.39. The van der Waals surface area contributed by atoms with Gasteiger partial charge in [-0.15, -0.1) is 0 Å². The molecule has 1 aromatic rings. The highest BCUT2D eigenvalue weighted by atomic mass is 19.1. The van der Waals surface area contributed by atoms with E-state index in [1.165, 1.54) is 20.0 Å². The molecular weight excluding hydrogens is 269 g/mol. The molecule has 3 rings (SSSR count). The van der Waals surface area contributed by atoms with E-state index in [4.69, 9.17) is 9.47 Å². The number of halogens is 1. The molecule has 2 unspecified atom stereocenters. The number of hydrogen-bond acceptors (Lipinski definition) is 3. The van der Waals surface area contributed by atoms with Gasteiger partial charge in [-0.3, -0.25) is 0 Å². The lowest BCUT2D eigenvalue weighted by Crippen LogP contribution is -2.42. The Kier molecular flexibility index (Phi) is 4.18. The Morgan fingerprint density at radius 3 is 2.86 bits per heavy atom. The van der Waals surface area contributed by atoms with Crippen LogP contribution in [0.2, 0.25) is 0 Å². The first-order valence-corrected chi connectivity index (χ1v) is 7.81. The first kappa shape index (κ1) is 14.8. The fraction of sp³-hybridized carbons (Fsp3) is 0.647. The number of ether oxygens (including phenoxy) is 2. The Morgan fingerprint density at radius 2 is 2.24 bits per heavy atom. The summed E-state index contributed by atoms with van der Waals surface area (Å²) in [5, 5.41) is 3.60. The summed E-state index contributed by atoms with van der Waals surface area (Å²) in [4.78, 5) is 0. The van der Waals surface area contributed by atoms with Crippen molar-refractivity contribution in [2.45, 2.75) is 44.8 Å². The van der Waals surface area contributed by atoms with Crippen LogP contribution >= 0.6 is 0 Å². The third-order valence-corrected chi connectivity index (χ3v) is 4.96. The predicted molar refractivity (Wildman–Crippen MR) is 80.1 cm³/mol. The molecule has 4 heteroatoms. The van der Waals surface area contributed by atoms with Crippen LogP contribution in [0.5, 0.6) is 5.75 Å². The molecule has 21 heavy (non-hydrogen) atoms. The zero-order valence-corrected chi connectivity index (χ0v) is 12.8. The maximum absolute atomic E-state index is 14.4. The molecule has 0 aromatic heterocycles. The van der Waals surface area contributed by atoms with Crippen LogP contribution in [-0.4, -0.2) is 32.4 Å². The molecule has 2 aliphatic rings. The monoisotopic (exact) mass is 293 g/mol. The molecule has 0 amide bonds. The van der Waals surface area contributed by atoms with Crippen LogP contribution in [0.15, 0.2) is 18.2 Å². The molecule has 1 N–H and O–H groups in total. The highest BCUT2D eigenvalue weighted by Gasteiger charge is 2.43. The summed E-state index contributed by atoms with van der Waals surface area (Å²) in [5.41, 5.74) is 0.708. The molecule has 0 bridgehead atoms. The standard InChI is InChI=1S/C17H24FNO2/c1-12-17(8-9-21-12,11-19-14-6-7-14)10-13-4-3-5-15(20-2)16(13)18/h3-5,12,14,19H,6-11H2,1-2H3. The Balaban J connectivity index is 1.80. The van der Waals surface area contributed by atoms with Gasteiger partial charge in [-0.25, -0.2) is 4.39 Å². The molecule has 0 radical (unpaired) electrons. The quantitative estimate of drug-likeness (QED) is 0.875. The fourth-order valence-electron chi connectivity index (χ4n) is 3.21. The minimum absolute atomic E-state index is 0.0181. The van der Waals surface area contributed by atoms with E-state index in [1.807, 2.05) is 12.1 Å². The molecule has 1 aliphatic carbocycles. The van der Waals surface area contributed by atoms with Crippen molar-refractivity contribution in [1.29, 1.82) is 0 Å². The number of nitrogens with one attached hydrogen (secondary N) is 1. The number of rotatable bonds is 6. The molecule has 1 aromatic carbocycles. The maximum atomic E-state index is 14.4. The summed E-state index contributed by atoms with van der Waals surface area (Å²) >= 11 is 0. The highest BCUT2D eigenvalue weighted by molar-refractivity contribution is 5.32.